The van der Waals surface area contributed by atoms with Crippen molar-refractivity contribution in [3.63, 3.8) is 0 Å². The maximum Gasteiger partial charge on any atom is 0.275 e. The summed E-state index contributed by atoms with van der Waals surface area (Å²) >= 11 is 3.50. The van der Waals surface area contributed by atoms with Gasteiger partial charge in [0, 0.05) is 23.1 Å². The highest BCUT2D eigenvalue weighted by Gasteiger charge is 2.10. The minimum atomic E-state index is -0.0490. The van der Waals surface area contributed by atoms with Crippen molar-refractivity contribution >= 4 is 37.7 Å². The molecule has 86 valence electrons. The number of pyridine rings is 1. The highest BCUT2D eigenvalue weighted by Crippen LogP contribution is 2.27. The summed E-state index contributed by atoms with van der Waals surface area (Å²) in [5.74, 6) is 0. The lowest BCUT2D eigenvalue weighted by molar-refractivity contribution is 0.751. The van der Waals surface area contributed by atoms with Gasteiger partial charge < -0.3 is 0 Å². The van der Waals surface area contributed by atoms with Crippen LogP contribution in [0.1, 0.15) is 5.56 Å². The fourth-order valence-electron chi connectivity index (χ4n) is 2.08. The van der Waals surface area contributed by atoms with Gasteiger partial charge in [-0.25, -0.2) is 0 Å². The highest BCUT2D eigenvalue weighted by molar-refractivity contribution is 9.10. The molecule has 0 saturated heterocycles. The molecule has 5 heteroatoms. The standard InChI is InChI=1S/C12H10BrN3O/c1-6-3-7-10-8(12(17)16(2)15-10)5-14-11(7)9(13)4-6/h3-5,15H,1-2H3. The van der Waals surface area contributed by atoms with Gasteiger partial charge in [-0.05, 0) is 40.5 Å². The molecule has 0 aliphatic carbocycles. The van der Waals surface area contributed by atoms with E-state index < -0.39 is 0 Å². The van der Waals surface area contributed by atoms with Gasteiger partial charge in [0.2, 0.25) is 0 Å². The molecule has 1 N–H and O–H groups in total. The molecule has 0 unspecified atom stereocenters. The van der Waals surface area contributed by atoms with E-state index in [2.05, 4.69) is 26.0 Å². The molecule has 0 atom stereocenters. The zero-order valence-electron chi connectivity index (χ0n) is 9.41. The lowest BCUT2D eigenvalue weighted by Gasteiger charge is -2.02. The number of hydrogen-bond donors (Lipinski definition) is 1. The van der Waals surface area contributed by atoms with Crippen molar-refractivity contribution in [3.8, 4) is 0 Å². The maximum atomic E-state index is 11.8. The molecule has 3 rings (SSSR count). The first-order valence-electron chi connectivity index (χ1n) is 5.21. The van der Waals surface area contributed by atoms with Crippen LogP contribution in [0.25, 0.3) is 21.8 Å². The second kappa shape index (κ2) is 3.43. The van der Waals surface area contributed by atoms with E-state index in [9.17, 15) is 4.79 Å². The second-order valence-electron chi connectivity index (χ2n) is 4.17. The van der Waals surface area contributed by atoms with Gasteiger partial charge in [0.15, 0.2) is 0 Å². The number of nitrogens with zero attached hydrogens (tertiary/aromatic N) is 2. The molecule has 0 radical (unpaired) electrons. The number of H-pyrrole nitrogens is 1. The lowest BCUT2D eigenvalue weighted by Crippen LogP contribution is -2.11. The van der Waals surface area contributed by atoms with E-state index >= 15 is 0 Å². The summed E-state index contributed by atoms with van der Waals surface area (Å²) < 4.78 is 2.42. The third kappa shape index (κ3) is 1.42. The number of fused-ring (bicyclic) bond motifs is 3. The van der Waals surface area contributed by atoms with E-state index in [4.69, 9.17) is 0 Å². The van der Waals surface area contributed by atoms with Crippen molar-refractivity contribution in [2.24, 2.45) is 7.05 Å². The van der Waals surface area contributed by atoms with E-state index in [1.54, 1.807) is 13.2 Å². The fraction of sp³-hybridized carbons (Fsp3) is 0.167. The fourth-order valence-corrected chi connectivity index (χ4v) is 2.75. The minimum Gasteiger partial charge on any atom is -0.294 e. The smallest absolute Gasteiger partial charge is 0.275 e. The predicted molar refractivity (Wildman–Crippen MR) is 71.3 cm³/mol. The third-order valence-electron chi connectivity index (χ3n) is 2.88. The summed E-state index contributed by atoms with van der Waals surface area (Å²) in [7, 11) is 1.71. The first-order chi connectivity index (χ1) is 8.08. The van der Waals surface area contributed by atoms with Gasteiger partial charge in [-0.1, -0.05) is 0 Å². The number of nitrogens with one attached hydrogen (secondary N) is 1. The molecule has 0 fully saturated rings. The van der Waals surface area contributed by atoms with E-state index in [1.165, 1.54) is 4.68 Å². The molecule has 0 spiro atoms. The Labute approximate surface area is 105 Å². The first-order valence-corrected chi connectivity index (χ1v) is 6.01. The van der Waals surface area contributed by atoms with Crippen molar-refractivity contribution < 1.29 is 0 Å². The third-order valence-corrected chi connectivity index (χ3v) is 3.49. The molecular formula is C12H10BrN3O. The van der Waals surface area contributed by atoms with Crippen LogP contribution >= 0.6 is 15.9 Å². The minimum absolute atomic E-state index is 0.0490. The Bertz CT molecular complexity index is 801. The number of aromatic nitrogens is 3. The van der Waals surface area contributed by atoms with Crippen molar-refractivity contribution in [1.29, 1.82) is 0 Å². The zero-order valence-corrected chi connectivity index (χ0v) is 11.0. The summed E-state index contributed by atoms with van der Waals surface area (Å²) in [6.45, 7) is 2.02. The summed E-state index contributed by atoms with van der Waals surface area (Å²) in [6.07, 6.45) is 1.62. The largest absolute Gasteiger partial charge is 0.294 e. The summed E-state index contributed by atoms with van der Waals surface area (Å²) in [6, 6.07) is 4.05. The van der Waals surface area contributed by atoms with Crippen LogP contribution in [0.3, 0.4) is 0 Å². The van der Waals surface area contributed by atoms with Gasteiger partial charge in [-0.3, -0.25) is 19.6 Å². The van der Waals surface area contributed by atoms with E-state index in [0.29, 0.717) is 5.39 Å². The first kappa shape index (κ1) is 10.5. The van der Waals surface area contributed by atoms with Crippen LogP contribution in [0.2, 0.25) is 0 Å². The topological polar surface area (TPSA) is 50.7 Å². The Morgan fingerprint density at radius 2 is 2.12 bits per heavy atom. The van der Waals surface area contributed by atoms with Crippen molar-refractivity contribution in [3.05, 3.63) is 38.7 Å². The molecule has 3 aromatic rings. The van der Waals surface area contributed by atoms with Crippen molar-refractivity contribution in [2.75, 3.05) is 0 Å². The monoisotopic (exact) mass is 291 g/mol. The second-order valence-corrected chi connectivity index (χ2v) is 5.02. The number of benzene rings is 1. The molecule has 1 aromatic carbocycles. The van der Waals surface area contributed by atoms with Gasteiger partial charge in [-0.15, -0.1) is 0 Å². The molecule has 17 heavy (non-hydrogen) atoms. The molecule has 2 aromatic heterocycles. The van der Waals surface area contributed by atoms with E-state index in [0.717, 1.165) is 26.5 Å². The predicted octanol–water partition coefficient (Wildman–Crippen LogP) is 2.49. The van der Waals surface area contributed by atoms with Crippen LogP contribution in [0.15, 0.2) is 27.6 Å². The average molecular weight is 292 g/mol. The van der Waals surface area contributed by atoms with E-state index in [-0.39, 0.29) is 5.56 Å². The van der Waals surface area contributed by atoms with Gasteiger partial charge in [0.05, 0.1) is 16.4 Å². The molecule has 2 heterocycles. The highest BCUT2D eigenvalue weighted by atomic mass is 79.9. The molecule has 0 saturated carbocycles. The van der Waals surface area contributed by atoms with Crippen molar-refractivity contribution in [1.82, 2.24) is 14.8 Å². The quantitative estimate of drug-likeness (QED) is 0.692. The van der Waals surface area contributed by atoms with Crippen LogP contribution in [-0.4, -0.2) is 14.8 Å². The number of aromatic amines is 1. The SMILES string of the molecule is Cc1cc(Br)c2ncc3c(=O)n(C)[nH]c3c2c1. The van der Waals surface area contributed by atoms with Gasteiger partial charge in [-0.2, -0.15) is 0 Å². The van der Waals surface area contributed by atoms with Gasteiger partial charge in [0.25, 0.3) is 5.56 Å². The van der Waals surface area contributed by atoms with Gasteiger partial charge >= 0.3 is 0 Å². The van der Waals surface area contributed by atoms with Crippen LogP contribution in [0.5, 0.6) is 0 Å². The molecular weight excluding hydrogens is 282 g/mol. The molecule has 0 aliphatic rings. The van der Waals surface area contributed by atoms with Crippen LogP contribution in [0, 0.1) is 6.92 Å². The van der Waals surface area contributed by atoms with Crippen LogP contribution in [0.4, 0.5) is 0 Å². The Kier molecular flexibility index (Phi) is 2.13. The summed E-state index contributed by atoms with van der Waals surface area (Å²) in [4.78, 5) is 16.2. The van der Waals surface area contributed by atoms with Crippen LogP contribution < -0.4 is 5.56 Å². The molecule has 4 nitrogen and oxygen atoms in total. The summed E-state index contributed by atoms with van der Waals surface area (Å²) in [5.41, 5.74) is 2.78. The Balaban J connectivity index is 2.64. The maximum absolute atomic E-state index is 11.8. The number of hydrogen-bond acceptors (Lipinski definition) is 2. The Morgan fingerprint density at radius 3 is 2.88 bits per heavy atom. The normalized spacial score (nSPS) is 11.5. The molecule has 0 bridgehead atoms. The Hall–Kier alpha value is -1.62. The van der Waals surface area contributed by atoms with E-state index in [1.807, 2.05) is 19.1 Å². The van der Waals surface area contributed by atoms with Crippen LogP contribution in [-0.2, 0) is 7.05 Å². The molecule has 0 aliphatic heterocycles. The summed E-state index contributed by atoms with van der Waals surface area (Å²) in [5, 5.41) is 4.66. The lowest BCUT2D eigenvalue weighted by atomic mass is 10.1. The number of rotatable bonds is 0. The average Bonchev–Trinajstić information content (AvgIpc) is 2.56. The zero-order chi connectivity index (χ0) is 12.2. The van der Waals surface area contributed by atoms with Crippen molar-refractivity contribution in [2.45, 2.75) is 6.92 Å². The molecule has 0 amide bonds. The Morgan fingerprint density at radius 1 is 1.35 bits per heavy atom. The number of halogens is 1. The van der Waals surface area contributed by atoms with Gasteiger partial charge in [0.1, 0.15) is 0 Å². The number of aryl methyl sites for hydroxylation is 2.